The summed E-state index contributed by atoms with van der Waals surface area (Å²) in [5.74, 6) is 0.468. The van der Waals surface area contributed by atoms with E-state index in [1.807, 2.05) is 24.3 Å². The Hall–Kier alpha value is -2.83. The molecule has 1 aromatic heterocycles. The zero-order valence-electron chi connectivity index (χ0n) is 15.4. The Morgan fingerprint density at radius 1 is 1.19 bits per heavy atom. The van der Waals surface area contributed by atoms with Crippen molar-refractivity contribution >= 4 is 10.9 Å². The van der Waals surface area contributed by atoms with Gasteiger partial charge in [0.1, 0.15) is 5.75 Å². The summed E-state index contributed by atoms with van der Waals surface area (Å²) in [5, 5.41) is 24.3. The third-order valence-corrected chi connectivity index (χ3v) is 4.62. The van der Waals surface area contributed by atoms with Crippen LogP contribution < -0.4 is 15.6 Å². The molecule has 0 spiro atoms. The number of benzene rings is 2. The summed E-state index contributed by atoms with van der Waals surface area (Å²) in [5.41, 5.74) is 1.88. The first kappa shape index (κ1) is 18.9. The number of fused-ring (bicyclic) bond motifs is 1. The van der Waals surface area contributed by atoms with Gasteiger partial charge in [0.2, 0.25) is 0 Å². The minimum atomic E-state index is -0.766. The van der Waals surface area contributed by atoms with Gasteiger partial charge in [0, 0.05) is 23.5 Å². The van der Waals surface area contributed by atoms with E-state index in [0.29, 0.717) is 23.0 Å². The van der Waals surface area contributed by atoms with Crippen molar-refractivity contribution in [2.75, 3.05) is 13.7 Å². The summed E-state index contributed by atoms with van der Waals surface area (Å²) < 4.78 is 5.16. The van der Waals surface area contributed by atoms with Gasteiger partial charge in [0.05, 0.1) is 13.2 Å². The van der Waals surface area contributed by atoms with E-state index in [1.165, 1.54) is 11.6 Å². The van der Waals surface area contributed by atoms with Crippen LogP contribution in [0.5, 0.6) is 11.5 Å². The Labute approximate surface area is 157 Å². The van der Waals surface area contributed by atoms with Crippen molar-refractivity contribution in [1.29, 1.82) is 0 Å². The molecule has 1 heterocycles. The molecule has 4 N–H and O–H groups in total. The first-order chi connectivity index (χ1) is 13.0. The van der Waals surface area contributed by atoms with Gasteiger partial charge in [0.25, 0.3) is 5.56 Å². The van der Waals surface area contributed by atoms with Crippen molar-refractivity contribution < 1.29 is 14.9 Å². The lowest BCUT2D eigenvalue weighted by Gasteiger charge is -2.19. The largest absolute Gasteiger partial charge is 0.503 e. The van der Waals surface area contributed by atoms with Crippen LogP contribution in [-0.4, -0.2) is 34.9 Å². The zero-order chi connectivity index (χ0) is 19.4. The number of hydrogen-bond acceptors (Lipinski definition) is 5. The quantitative estimate of drug-likeness (QED) is 0.514. The number of hydrogen-bond donors (Lipinski definition) is 4. The number of methoxy groups -OCH3 is 1. The predicted molar refractivity (Wildman–Crippen MR) is 105 cm³/mol. The van der Waals surface area contributed by atoms with E-state index >= 15 is 0 Å². The fourth-order valence-electron chi connectivity index (χ4n) is 3.14. The highest BCUT2D eigenvalue weighted by atomic mass is 16.5. The lowest BCUT2D eigenvalue weighted by atomic mass is 10.0. The molecule has 3 aromatic rings. The van der Waals surface area contributed by atoms with E-state index < -0.39 is 11.7 Å². The first-order valence-corrected chi connectivity index (χ1v) is 8.87. The van der Waals surface area contributed by atoms with E-state index in [1.54, 1.807) is 25.3 Å². The molecule has 0 amide bonds. The molecule has 0 radical (unpaired) electrons. The van der Waals surface area contributed by atoms with Gasteiger partial charge in [-0.1, -0.05) is 24.3 Å². The molecule has 0 saturated carbocycles. The summed E-state index contributed by atoms with van der Waals surface area (Å²) in [6.07, 6.45) is 0.0534. The molecule has 6 heteroatoms. The van der Waals surface area contributed by atoms with Gasteiger partial charge in [-0.15, -0.1) is 0 Å². The van der Waals surface area contributed by atoms with Gasteiger partial charge in [-0.3, -0.25) is 4.79 Å². The molecule has 2 atom stereocenters. The van der Waals surface area contributed by atoms with Crippen LogP contribution in [0.1, 0.15) is 24.2 Å². The standard InChI is InChI=1S/C21H24N2O4/c1-13(10-14-6-8-15(27-2)9-7-14)22-12-20(25)16-4-3-5-18-17(16)11-19(24)21(26)23-18/h3-9,11,13,20,22,24-25H,10,12H2,1-2H3,(H,23,26)/t13-,20+/m1/s1. The Balaban J connectivity index is 1.66. The summed E-state index contributed by atoms with van der Waals surface area (Å²) >= 11 is 0. The number of ether oxygens (including phenoxy) is 1. The maximum Gasteiger partial charge on any atom is 0.290 e. The number of aromatic hydroxyl groups is 1. The second-order valence-electron chi connectivity index (χ2n) is 6.67. The van der Waals surface area contributed by atoms with Gasteiger partial charge in [0.15, 0.2) is 5.75 Å². The second kappa shape index (κ2) is 8.24. The highest BCUT2D eigenvalue weighted by molar-refractivity contribution is 5.83. The van der Waals surface area contributed by atoms with Crippen molar-refractivity contribution in [1.82, 2.24) is 10.3 Å². The average Bonchev–Trinajstić information content (AvgIpc) is 2.67. The summed E-state index contributed by atoms with van der Waals surface area (Å²) in [6, 6.07) is 14.8. The van der Waals surface area contributed by atoms with Gasteiger partial charge in [-0.25, -0.2) is 0 Å². The number of H-pyrrole nitrogens is 1. The molecular weight excluding hydrogens is 344 g/mol. The Morgan fingerprint density at radius 2 is 1.93 bits per heavy atom. The molecule has 0 bridgehead atoms. The zero-order valence-corrected chi connectivity index (χ0v) is 15.4. The van der Waals surface area contributed by atoms with E-state index in [9.17, 15) is 15.0 Å². The average molecular weight is 368 g/mol. The van der Waals surface area contributed by atoms with Crippen LogP contribution in [0.2, 0.25) is 0 Å². The highest BCUT2D eigenvalue weighted by Crippen LogP contribution is 2.24. The van der Waals surface area contributed by atoms with Gasteiger partial charge in [-0.05, 0) is 48.7 Å². The fourth-order valence-corrected chi connectivity index (χ4v) is 3.14. The van der Waals surface area contributed by atoms with Crippen LogP contribution in [-0.2, 0) is 6.42 Å². The molecule has 142 valence electrons. The van der Waals surface area contributed by atoms with Crippen LogP contribution >= 0.6 is 0 Å². The van der Waals surface area contributed by atoms with E-state index in [2.05, 4.69) is 17.2 Å². The topological polar surface area (TPSA) is 94.6 Å². The molecule has 0 aliphatic heterocycles. The third kappa shape index (κ3) is 4.48. The van der Waals surface area contributed by atoms with Crippen molar-refractivity contribution in [2.24, 2.45) is 0 Å². The number of aliphatic hydroxyl groups excluding tert-OH is 1. The number of aromatic amines is 1. The van der Waals surface area contributed by atoms with Crippen LogP contribution in [0.15, 0.2) is 53.3 Å². The molecule has 0 unspecified atom stereocenters. The smallest absolute Gasteiger partial charge is 0.290 e. The van der Waals surface area contributed by atoms with Crippen molar-refractivity contribution in [3.05, 3.63) is 70.0 Å². The van der Waals surface area contributed by atoms with E-state index in [0.717, 1.165) is 12.2 Å². The molecule has 0 aliphatic rings. The van der Waals surface area contributed by atoms with Crippen LogP contribution in [0.3, 0.4) is 0 Å². The monoisotopic (exact) mass is 368 g/mol. The normalized spacial score (nSPS) is 13.4. The van der Waals surface area contributed by atoms with Crippen molar-refractivity contribution in [2.45, 2.75) is 25.5 Å². The number of nitrogens with one attached hydrogen (secondary N) is 2. The molecule has 0 fully saturated rings. The van der Waals surface area contributed by atoms with Crippen molar-refractivity contribution in [3.8, 4) is 11.5 Å². The fraction of sp³-hybridized carbons (Fsp3) is 0.286. The second-order valence-corrected chi connectivity index (χ2v) is 6.67. The highest BCUT2D eigenvalue weighted by Gasteiger charge is 2.14. The maximum atomic E-state index is 11.6. The Kier molecular flexibility index (Phi) is 5.78. The van der Waals surface area contributed by atoms with Crippen molar-refractivity contribution in [3.63, 3.8) is 0 Å². The summed E-state index contributed by atoms with van der Waals surface area (Å²) in [6.45, 7) is 2.42. The van der Waals surface area contributed by atoms with Gasteiger partial charge < -0.3 is 25.3 Å². The molecule has 0 aliphatic carbocycles. The van der Waals surface area contributed by atoms with Crippen LogP contribution in [0.25, 0.3) is 10.9 Å². The van der Waals surface area contributed by atoms with E-state index in [-0.39, 0.29) is 11.8 Å². The Bertz CT molecular complexity index is 966. The number of rotatable bonds is 7. The molecule has 3 rings (SSSR count). The maximum absolute atomic E-state index is 11.6. The molecular formula is C21H24N2O4. The van der Waals surface area contributed by atoms with E-state index in [4.69, 9.17) is 4.74 Å². The predicted octanol–water partition coefficient (Wildman–Crippen LogP) is 2.50. The first-order valence-electron chi connectivity index (χ1n) is 8.87. The van der Waals surface area contributed by atoms with Crippen LogP contribution in [0.4, 0.5) is 0 Å². The molecule has 27 heavy (non-hydrogen) atoms. The Morgan fingerprint density at radius 3 is 2.63 bits per heavy atom. The number of aromatic nitrogens is 1. The minimum absolute atomic E-state index is 0.163. The SMILES string of the molecule is COc1ccc(C[C@@H](C)NC[C@H](O)c2cccc3[nH]c(=O)c(O)cc23)cc1. The lowest BCUT2D eigenvalue weighted by molar-refractivity contribution is 0.172. The summed E-state index contributed by atoms with van der Waals surface area (Å²) in [7, 11) is 1.64. The van der Waals surface area contributed by atoms with Crippen LogP contribution in [0, 0.1) is 0 Å². The van der Waals surface area contributed by atoms with Gasteiger partial charge in [-0.2, -0.15) is 0 Å². The molecule has 2 aromatic carbocycles. The molecule has 0 saturated heterocycles. The molecule has 6 nitrogen and oxygen atoms in total. The number of aliphatic hydroxyl groups is 1. The third-order valence-electron chi connectivity index (χ3n) is 4.62. The minimum Gasteiger partial charge on any atom is -0.503 e. The summed E-state index contributed by atoms with van der Waals surface area (Å²) in [4.78, 5) is 14.2. The lowest BCUT2D eigenvalue weighted by Crippen LogP contribution is -2.32. The van der Waals surface area contributed by atoms with Gasteiger partial charge >= 0.3 is 0 Å². The number of pyridine rings is 1.